The Kier molecular flexibility index (Phi) is 56.9. The topological polar surface area (TPSA) is 63.2 Å². The van der Waals surface area contributed by atoms with E-state index in [-0.39, 0.29) is 103 Å². The summed E-state index contributed by atoms with van der Waals surface area (Å²) in [7, 11) is 0. The van der Waals surface area contributed by atoms with Crippen LogP contribution in [0, 0.1) is 0 Å². The van der Waals surface area contributed by atoms with E-state index < -0.39 is 6.16 Å². The molecule has 0 saturated carbocycles. The smallest absolute Gasteiger partial charge is 0.652 e. The van der Waals surface area contributed by atoms with Crippen molar-refractivity contribution in [3.63, 3.8) is 0 Å². The van der Waals surface area contributed by atoms with Crippen molar-refractivity contribution in [1.29, 1.82) is 0 Å². The molecule has 0 bridgehead atoms. The third-order valence-electron chi connectivity index (χ3n) is 0. The third kappa shape index (κ3) is 90.5. The number of rotatable bonds is 0. The first-order valence-corrected chi connectivity index (χ1v) is 3.11. The molecule has 9 heavy (non-hydrogen) atoms. The number of halogens is 1. The second-order valence-corrected chi connectivity index (χ2v) is 2.04. The van der Waals surface area contributed by atoms with Crippen LogP contribution in [0.25, 0.3) is 0 Å². The minimum atomic E-state index is -2.33. The van der Waals surface area contributed by atoms with Gasteiger partial charge in [-0.05, 0) is 10.6 Å². The fraction of sp³-hybridized carbons (Fsp3) is 0.667. The molecule has 44 valence electrons. The molecular formula is C3H5IK2O3. The van der Waals surface area contributed by atoms with Crippen molar-refractivity contribution >= 4 is 28.7 Å². The minimum Gasteiger partial charge on any atom is -0.652 e. The number of carbonyl (C=O) groups is 1. The maximum absolute atomic E-state index is 8.33. The molecule has 0 spiro atoms. The summed E-state index contributed by atoms with van der Waals surface area (Å²) in [6.07, 6.45) is -2.33. The first kappa shape index (κ1) is 22.8. The van der Waals surface area contributed by atoms with Crippen LogP contribution in [0.2, 0.25) is 0 Å². The first-order valence-electron chi connectivity index (χ1n) is 1.59. The van der Waals surface area contributed by atoms with Crippen molar-refractivity contribution in [2.45, 2.75) is 6.92 Å². The van der Waals surface area contributed by atoms with Gasteiger partial charge < -0.3 is 15.0 Å². The van der Waals surface area contributed by atoms with Crippen LogP contribution >= 0.6 is 22.6 Å². The minimum absolute atomic E-state index is 0. The second kappa shape index (κ2) is 22.5. The SMILES string of the molecule is CCI.O=C([O-])[O-].[K+].[K+]. The molecule has 0 aromatic rings. The summed E-state index contributed by atoms with van der Waals surface area (Å²) in [5.74, 6) is 0. The Balaban J connectivity index is -0.0000000233. The van der Waals surface area contributed by atoms with Crippen molar-refractivity contribution in [2.24, 2.45) is 0 Å². The fourth-order valence-corrected chi connectivity index (χ4v) is 0. The van der Waals surface area contributed by atoms with Crippen LogP contribution in [0.3, 0.4) is 0 Å². The largest absolute Gasteiger partial charge is 1.00 e. The molecule has 0 aliphatic heterocycles. The van der Waals surface area contributed by atoms with Gasteiger partial charge in [0, 0.05) is 0 Å². The van der Waals surface area contributed by atoms with Crippen LogP contribution in [-0.4, -0.2) is 10.6 Å². The zero-order valence-electron chi connectivity index (χ0n) is 5.81. The zero-order valence-corrected chi connectivity index (χ0v) is 14.2. The maximum atomic E-state index is 8.33. The van der Waals surface area contributed by atoms with E-state index >= 15 is 0 Å². The van der Waals surface area contributed by atoms with Gasteiger partial charge in [-0.3, -0.25) is 0 Å². The predicted molar refractivity (Wildman–Crippen MR) is 30.0 cm³/mol. The summed E-state index contributed by atoms with van der Waals surface area (Å²) in [4.78, 5) is 8.33. The molecule has 6 heteroatoms. The van der Waals surface area contributed by atoms with Crippen LogP contribution in [0.4, 0.5) is 4.79 Å². The number of hydrogen-bond acceptors (Lipinski definition) is 3. The molecule has 0 amide bonds. The third-order valence-corrected chi connectivity index (χ3v) is 0. The Bertz CT molecular complexity index is 48.3. The zero-order chi connectivity index (χ0) is 6.28. The van der Waals surface area contributed by atoms with Crippen molar-refractivity contribution in [3.8, 4) is 0 Å². The first-order chi connectivity index (χ1) is 3.15. The number of alkyl halides is 1. The Labute approximate surface area is 153 Å². The van der Waals surface area contributed by atoms with Crippen LogP contribution in [-0.2, 0) is 0 Å². The van der Waals surface area contributed by atoms with E-state index in [2.05, 4.69) is 29.5 Å². The molecule has 0 aromatic carbocycles. The van der Waals surface area contributed by atoms with Crippen molar-refractivity contribution in [2.75, 3.05) is 4.43 Å². The van der Waals surface area contributed by atoms with E-state index in [1.54, 1.807) is 0 Å². The van der Waals surface area contributed by atoms with Gasteiger partial charge in [0.1, 0.15) is 0 Å². The van der Waals surface area contributed by atoms with E-state index in [1.165, 1.54) is 4.43 Å². The van der Waals surface area contributed by atoms with Gasteiger partial charge in [0.25, 0.3) is 0 Å². The van der Waals surface area contributed by atoms with Gasteiger partial charge in [-0.25, -0.2) is 0 Å². The number of carbonyl (C=O) groups excluding carboxylic acids is 1. The molecule has 0 aromatic heterocycles. The van der Waals surface area contributed by atoms with Gasteiger partial charge >= 0.3 is 103 Å². The summed E-state index contributed by atoms with van der Waals surface area (Å²) < 4.78 is 1.22. The van der Waals surface area contributed by atoms with E-state index in [9.17, 15) is 0 Å². The van der Waals surface area contributed by atoms with Gasteiger partial charge in [-0.1, -0.05) is 29.5 Å². The molecule has 0 atom stereocenters. The summed E-state index contributed by atoms with van der Waals surface area (Å²) >= 11 is 2.29. The molecule has 0 rings (SSSR count). The molecule has 0 heterocycles. The van der Waals surface area contributed by atoms with Gasteiger partial charge in [0.05, 0.1) is 0 Å². The number of carboxylic acid groups (broad SMARTS) is 2. The molecule has 0 aliphatic carbocycles. The fourth-order valence-electron chi connectivity index (χ4n) is 0. The predicted octanol–water partition coefficient (Wildman–Crippen LogP) is -7.00. The molecule has 0 radical (unpaired) electrons. The quantitative estimate of drug-likeness (QED) is 0.253. The molecule has 0 aliphatic rings. The Morgan fingerprint density at radius 1 is 1.44 bits per heavy atom. The van der Waals surface area contributed by atoms with E-state index in [4.69, 9.17) is 15.0 Å². The monoisotopic (exact) mass is 294 g/mol. The Morgan fingerprint density at radius 2 is 1.44 bits per heavy atom. The normalized spacial score (nSPS) is 4.67. The van der Waals surface area contributed by atoms with Crippen molar-refractivity contribution in [3.05, 3.63) is 0 Å². The average molecular weight is 294 g/mol. The van der Waals surface area contributed by atoms with Gasteiger partial charge in [0.15, 0.2) is 0 Å². The average Bonchev–Trinajstić information content (AvgIpc) is 1.33. The van der Waals surface area contributed by atoms with Crippen molar-refractivity contribution < 1.29 is 118 Å². The van der Waals surface area contributed by atoms with Crippen LogP contribution in [0.5, 0.6) is 0 Å². The van der Waals surface area contributed by atoms with Gasteiger partial charge in [0.2, 0.25) is 0 Å². The van der Waals surface area contributed by atoms with Crippen LogP contribution in [0.1, 0.15) is 6.92 Å². The molecule has 0 N–H and O–H groups in total. The number of hydrogen-bond donors (Lipinski definition) is 0. The summed E-state index contributed by atoms with van der Waals surface area (Å²) in [5, 5.41) is 16.7. The maximum Gasteiger partial charge on any atom is 1.00 e. The molecular weight excluding hydrogens is 289 g/mol. The van der Waals surface area contributed by atoms with Crippen LogP contribution < -0.4 is 113 Å². The summed E-state index contributed by atoms with van der Waals surface area (Å²) in [6.45, 7) is 2.11. The Hall–Kier alpha value is 3.27. The molecule has 0 unspecified atom stereocenters. The molecule has 0 saturated heterocycles. The summed E-state index contributed by atoms with van der Waals surface area (Å²) in [6, 6.07) is 0. The van der Waals surface area contributed by atoms with E-state index in [1.807, 2.05) is 0 Å². The van der Waals surface area contributed by atoms with Gasteiger partial charge in [-0.2, -0.15) is 0 Å². The molecule has 3 nitrogen and oxygen atoms in total. The van der Waals surface area contributed by atoms with Crippen molar-refractivity contribution in [1.82, 2.24) is 0 Å². The summed E-state index contributed by atoms with van der Waals surface area (Å²) in [5.41, 5.74) is 0. The Morgan fingerprint density at radius 3 is 1.44 bits per heavy atom. The second-order valence-electron chi connectivity index (χ2n) is 0.517. The van der Waals surface area contributed by atoms with Crippen LogP contribution in [0.15, 0.2) is 0 Å². The van der Waals surface area contributed by atoms with Gasteiger partial charge in [-0.15, -0.1) is 0 Å². The van der Waals surface area contributed by atoms with E-state index in [0.717, 1.165) is 0 Å². The van der Waals surface area contributed by atoms with E-state index in [0.29, 0.717) is 0 Å². The molecule has 0 fully saturated rings. The standard InChI is InChI=1S/C2H5I.CH2O3.2K/c1-2-3;2-1(3)4;;/h2H2,1H3;(H2,2,3,4);;/q;;2*+1/p-2.